The Morgan fingerprint density at radius 2 is 2.00 bits per heavy atom. The predicted octanol–water partition coefficient (Wildman–Crippen LogP) is 2.92. The summed E-state index contributed by atoms with van der Waals surface area (Å²) in [4.78, 5) is 15.7. The fourth-order valence-electron chi connectivity index (χ4n) is 2.69. The van der Waals surface area contributed by atoms with Crippen LogP contribution in [0.25, 0.3) is 0 Å². The van der Waals surface area contributed by atoms with Crippen LogP contribution in [0.15, 0.2) is 29.2 Å². The molecule has 122 valence electrons. The van der Waals surface area contributed by atoms with E-state index in [1.54, 1.807) is 18.9 Å². The Hall–Kier alpha value is -1.04. The van der Waals surface area contributed by atoms with E-state index in [-0.39, 0.29) is 5.91 Å². The van der Waals surface area contributed by atoms with Gasteiger partial charge >= 0.3 is 0 Å². The van der Waals surface area contributed by atoms with E-state index in [1.807, 2.05) is 35.4 Å². The minimum atomic E-state index is 0.156. The van der Waals surface area contributed by atoms with Gasteiger partial charge in [0.25, 0.3) is 5.91 Å². The number of carbonyl (C=O) groups excluding carboxylic acids is 1. The van der Waals surface area contributed by atoms with Gasteiger partial charge in [0.05, 0.1) is 18.8 Å². The minimum Gasteiger partial charge on any atom is -0.382 e. The summed E-state index contributed by atoms with van der Waals surface area (Å²) in [5, 5.41) is 0. The summed E-state index contributed by atoms with van der Waals surface area (Å²) < 4.78 is 10.6. The maximum absolute atomic E-state index is 12.7. The van der Waals surface area contributed by atoms with Crippen molar-refractivity contribution in [2.24, 2.45) is 5.92 Å². The Labute approximate surface area is 137 Å². The molecule has 0 N–H and O–H groups in total. The van der Waals surface area contributed by atoms with Gasteiger partial charge < -0.3 is 14.4 Å². The summed E-state index contributed by atoms with van der Waals surface area (Å²) in [6.45, 7) is 3.70. The van der Waals surface area contributed by atoms with E-state index < -0.39 is 0 Å². The highest BCUT2D eigenvalue weighted by molar-refractivity contribution is 7.98. The molecule has 0 saturated carbocycles. The summed E-state index contributed by atoms with van der Waals surface area (Å²) in [5.74, 6) is 0.709. The number of carbonyl (C=O) groups is 1. The minimum absolute atomic E-state index is 0.156. The number of piperidine rings is 1. The van der Waals surface area contributed by atoms with Crippen LogP contribution in [0, 0.1) is 5.92 Å². The number of ether oxygens (including phenoxy) is 2. The van der Waals surface area contributed by atoms with Crippen molar-refractivity contribution in [3.63, 3.8) is 0 Å². The van der Waals surface area contributed by atoms with Crippen LogP contribution >= 0.6 is 11.8 Å². The zero-order valence-electron chi connectivity index (χ0n) is 13.4. The molecule has 0 aromatic heterocycles. The van der Waals surface area contributed by atoms with Crippen LogP contribution in [-0.4, -0.2) is 57.1 Å². The lowest BCUT2D eigenvalue weighted by molar-refractivity contribution is 0.0326. The number of rotatable bonds is 7. The Morgan fingerprint density at radius 1 is 1.27 bits per heavy atom. The van der Waals surface area contributed by atoms with Gasteiger partial charge in [-0.2, -0.15) is 0 Å². The number of hydrogen-bond donors (Lipinski definition) is 0. The molecular weight excluding hydrogens is 298 g/mol. The topological polar surface area (TPSA) is 38.8 Å². The fourth-order valence-corrected chi connectivity index (χ4v) is 3.28. The molecule has 0 unspecified atom stereocenters. The molecule has 4 nitrogen and oxygen atoms in total. The molecular formula is C17H25NO3S. The predicted molar refractivity (Wildman–Crippen MR) is 89.5 cm³/mol. The molecule has 0 radical (unpaired) electrons. The second-order valence-electron chi connectivity index (χ2n) is 5.50. The summed E-state index contributed by atoms with van der Waals surface area (Å²) in [7, 11) is 1.68. The van der Waals surface area contributed by atoms with Crippen LogP contribution in [0.1, 0.15) is 23.2 Å². The van der Waals surface area contributed by atoms with Crippen LogP contribution < -0.4 is 0 Å². The van der Waals surface area contributed by atoms with Gasteiger partial charge in [0.2, 0.25) is 0 Å². The highest BCUT2D eigenvalue weighted by atomic mass is 32.2. The van der Waals surface area contributed by atoms with Crippen molar-refractivity contribution in [1.82, 2.24) is 4.90 Å². The number of thioether (sulfide) groups is 1. The first-order valence-corrected chi connectivity index (χ1v) is 8.97. The van der Waals surface area contributed by atoms with E-state index >= 15 is 0 Å². The van der Waals surface area contributed by atoms with Gasteiger partial charge in [0.1, 0.15) is 0 Å². The van der Waals surface area contributed by atoms with Gasteiger partial charge in [-0.3, -0.25) is 4.79 Å². The van der Waals surface area contributed by atoms with Crippen LogP contribution in [-0.2, 0) is 9.47 Å². The maximum Gasteiger partial charge on any atom is 0.254 e. The molecule has 2 rings (SSSR count). The van der Waals surface area contributed by atoms with Crippen molar-refractivity contribution in [3.8, 4) is 0 Å². The molecule has 1 amide bonds. The molecule has 1 fully saturated rings. The molecule has 22 heavy (non-hydrogen) atoms. The number of likely N-dealkylation sites (tertiary alicyclic amines) is 1. The Balaban J connectivity index is 1.82. The van der Waals surface area contributed by atoms with Crippen molar-refractivity contribution in [2.45, 2.75) is 17.7 Å². The number of hydrogen-bond acceptors (Lipinski definition) is 4. The summed E-state index contributed by atoms with van der Waals surface area (Å²) in [5.41, 5.74) is 0.824. The molecule has 5 heteroatoms. The van der Waals surface area contributed by atoms with E-state index in [9.17, 15) is 4.79 Å². The smallest absolute Gasteiger partial charge is 0.254 e. The molecule has 1 heterocycles. The zero-order valence-corrected chi connectivity index (χ0v) is 14.2. The lowest BCUT2D eigenvalue weighted by Gasteiger charge is -2.32. The highest BCUT2D eigenvalue weighted by Crippen LogP contribution is 2.24. The maximum atomic E-state index is 12.7. The van der Waals surface area contributed by atoms with Crippen molar-refractivity contribution >= 4 is 17.7 Å². The molecule has 0 atom stereocenters. The van der Waals surface area contributed by atoms with Gasteiger partial charge in [-0.05, 0) is 37.1 Å². The first-order valence-electron chi connectivity index (χ1n) is 7.75. The standard InChI is InChI=1S/C17H25NO3S/c1-20-11-12-21-13-14-7-9-18(10-8-14)17(19)15-5-3-4-6-16(15)22-2/h3-6,14H,7-13H2,1-2H3. The third-order valence-electron chi connectivity index (χ3n) is 4.02. The third kappa shape index (κ3) is 4.73. The number of methoxy groups -OCH3 is 1. The number of benzene rings is 1. The van der Waals surface area contributed by atoms with Crippen molar-refractivity contribution in [1.29, 1.82) is 0 Å². The molecule has 1 aliphatic heterocycles. The number of amides is 1. The Bertz CT molecular complexity index is 473. The first-order chi connectivity index (χ1) is 10.8. The van der Waals surface area contributed by atoms with Crippen LogP contribution in [0.5, 0.6) is 0 Å². The largest absolute Gasteiger partial charge is 0.382 e. The van der Waals surface area contributed by atoms with E-state index in [0.29, 0.717) is 19.1 Å². The Kier molecular flexibility index (Phi) is 7.22. The lowest BCUT2D eigenvalue weighted by atomic mass is 9.97. The third-order valence-corrected chi connectivity index (χ3v) is 4.82. The van der Waals surface area contributed by atoms with Crippen molar-refractivity contribution in [2.75, 3.05) is 46.3 Å². The van der Waals surface area contributed by atoms with Gasteiger partial charge in [-0.25, -0.2) is 0 Å². The fraction of sp³-hybridized carbons (Fsp3) is 0.588. The number of nitrogens with zero attached hydrogens (tertiary/aromatic N) is 1. The first kappa shape index (κ1) is 17.3. The SMILES string of the molecule is COCCOCC1CCN(C(=O)c2ccccc2SC)CC1. The second kappa shape index (κ2) is 9.18. The average molecular weight is 323 g/mol. The van der Waals surface area contributed by atoms with Crippen LogP contribution in [0.2, 0.25) is 0 Å². The molecule has 1 saturated heterocycles. The summed E-state index contributed by atoms with van der Waals surface area (Å²) in [6, 6.07) is 7.85. The monoisotopic (exact) mass is 323 g/mol. The van der Waals surface area contributed by atoms with E-state index in [0.717, 1.165) is 43.0 Å². The van der Waals surface area contributed by atoms with Gasteiger partial charge in [-0.15, -0.1) is 11.8 Å². The van der Waals surface area contributed by atoms with E-state index in [4.69, 9.17) is 9.47 Å². The van der Waals surface area contributed by atoms with Gasteiger partial charge in [0.15, 0.2) is 0 Å². The summed E-state index contributed by atoms with van der Waals surface area (Å²) >= 11 is 1.62. The van der Waals surface area contributed by atoms with Crippen LogP contribution in [0.3, 0.4) is 0 Å². The van der Waals surface area contributed by atoms with Crippen molar-refractivity contribution in [3.05, 3.63) is 29.8 Å². The molecule has 1 aromatic rings. The molecule has 1 aliphatic rings. The van der Waals surface area contributed by atoms with Crippen LogP contribution in [0.4, 0.5) is 0 Å². The zero-order chi connectivity index (χ0) is 15.8. The molecule has 0 bridgehead atoms. The second-order valence-corrected chi connectivity index (χ2v) is 6.35. The molecule has 1 aromatic carbocycles. The van der Waals surface area contributed by atoms with Crippen molar-refractivity contribution < 1.29 is 14.3 Å². The normalized spacial score (nSPS) is 16.0. The molecule has 0 spiro atoms. The van der Waals surface area contributed by atoms with E-state index in [2.05, 4.69) is 0 Å². The highest BCUT2D eigenvalue weighted by Gasteiger charge is 2.24. The lowest BCUT2D eigenvalue weighted by Crippen LogP contribution is -2.39. The van der Waals surface area contributed by atoms with Gasteiger partial charge in [-0.1, -0.05) is 12.1 Å². The van der Waals surface area contributed by atoms with E-state index in [1.165, 1.54) is 0 Å². The molecule has 0 aliphatic carbocycles. The quantitative estimate of drug-likeness (QED) is 0.571. The Morgan fingerprint density at radius 3 is 2.68 bits per heavy atom. The average Bonchev–Trinajstić information content (AvgIpc) is 2.58. The summed E-state index contributed by atoms with van der Waals surface area (Å²) in [6.07, 6.45) is 4.04. The van der Waals surface area contributed by atoms with Gasteiger partial charge in [0, 0.05) is 31.7 Å².